The highest BCUT2D eigenvalue weighted by atomic mass is 16.6. The fourth-order valence-corrected chi connectivity index (χ4v) is 2.48. The molecule has 1 N–H and O–H groups in total. The predicted molar refractivity (Wildman–Crippen MR) is 90.8 cm³/mol. The molecule has 0 saturated carbocycles. The average Bonchev–Trinajstić information content (AvgIpc) is 3.06. The van der Waals surface area contributed by atoms with Gasteiger partial charge in [-0.05, 0) is 34.1 Å². The Kier molecular flexibility index (Phi) is 3.42. The van der Waals surface area contributed by atoms with Crippen LogP contribution in [-0.2, 0) is 6.54 Å². The summed E-state index contributed by atoms with van der Waals surface area (Å²) in [5.74, 6) is 1.31. The molecule has 0 unspecified atom stereocenters. The Balaban J connectivity index is 1.64. The van der Waals surface area contributed by atoms with Crippen molar-refractivity contribution in [2.24, 2.45) is 0 Å². The van der Waals surface area contributed by atoms with Crippen LogP contribution in [0, 0.1) is 0 Å². The van der Waals surface area contributed by atoms with Gasteiger partial charge in [0.05, 0.1) is 5.52 Å². The molecule has 8 nitrogen and oxygen atoms in total. The summed E-state index contributed by atoms with van der Waals surface area (Å²) in [5, 5.41) is 11.9. The van der Waals surface area contributed by atoms with Gasteiger partial charge in [-0.15, -0.1) is 0 Å². The fourth-order valence-electron chi connectivity index (χ4n) is 2.48. The van der Waals surface area contributed by atoms with E-state index < -0.39 is 0 Å². The van der Waals surface area contributed by atoms with Gasteiger partial charge in [-0.25, -0.2) is 14.6 Å². The summed E-state index contributed by atoms with van der Waals surface area (Å²) >= 11 is 0. The van der Waals surface area contributed by atoms with Crippen LogP contribution in [0.2, 0.25) is 0 Å². The van der Waals surface area contributed by atoms with Crippen molar-refractivity contribution in [3.05, 3.63) is 42.1 Å². The highest BCUT2D eigenvalue weighted by Crippen LogP contribution is 2.23. The van der Waals surface area contributed by atoms with Crippen LogP contribution in [0.5, 0.6) is 0 Å². The number of rotatable bonds is 4. The number of fused-ring (bicyclic) bond motifs is 2. The number of hydrogen-bond donors (Lipinski definition) is 1. The number of anilines is 2. The van der Waals surface area contributed by atoms with E-state index in [1.165, 1.54) is 0 Å². The molecule has 0 bridgehead atoms. The highest BCUT2D eigenvalue weighted by Gasteiger charge is 2.14. The lowest BCUT2D eigenvalue weighted by molar-refractivity contribution is 0.314. The van der Waals surface area contributed by atoms with Gasteiger partial charge in [-0.1, -0.05) is 12.1 Å². The smallest absolute Gasteiger partial charge is 0.245 e. The SMILES string of the molecule is CN(C)c1nc2nonc2nc1NCc1ccc2ncccc2c1. The van der Waals surface area contributed by atoms with Crippen molar-refractivity contribution < 1.29 is 4.63 Å². The maximum absolute atomic E-state index is 4.69. The molecule has 0 spiro atoms. The second-order valence-electron chi connectivity index (χ2n) is 5.59. The number of aromatic nitrogens is 5. The minimum absolute atomic E-state index is 0.380. The molecule has 3 heterocycles. The van der Waals surface area contributed by atoms with Crippen molar-refractivity contribution >= 4 is 33.8 Å². The summed E-state index contributed by atoms with van der Waals surface area (Å²) in [6.45, 7) is 0.608. The maximum atomic E-state index is 4.69. The summed E-state index contributed by atoms with van der Waals surface area (Å²) in [5.41, 5.74) is 2.87. The minimum atomic E-state index is 0.380. The largest absolute Gasteiger partial charge is 0.363 e. The van der Waals surface area contributed by atoms with Crippen LogP contribution in [0.1, 0.15) is 5.56 Å². The second kappa shape index (κ2) is 5.73. The zero-order valence-corrected chi connectivity index (χ0v) is 13.3. The normalized spacial score (nSPS) is 11.1. The average molecular weight is 321 g/mol. The molecule has 120 valence electrons. The second-order valence-corrected chi connectivity index (χ2v) is 5.59. The van der Waals surface area contributed by atoms with E-state index >= 15 is 0 Å². The molecule has 4 rings (SSSR count). The lowest BCUT2D eigenvalue weighted by atomic mass is 10.1. The molecule has 24 heavy (non-hydrogen) atoms. The minimum Gasteiger partial charge on any atom is -0.363 e. The first-order chi connectivity index (χ1) is 11.7. The molecule has 1 aromatic carbocycles. The van der Waals surface area contributed by atoms with Gasteiger partial charge in [0.25, 0.3) is 0 Å². The van der Waals surface area contributed by atoms with Gasteiger partial charge < -0.3 is 10.2 Å². The Labute approximate surface area is 137 Å². The summed E-state index contributed by atoms with van der Waals surface area (Å²) in [7, 11) is 3.80. The van der Waals surface area contributed by atoms with E-state index in [9.17, 15) is 0 Å². The topological polar surface area (TPSA) is 92.9 Å². The maximum Gasteiger partial charge on any atom is 0.245 e. The number of pyridine rings is 1. The predicted octanol–water partition coefficient (Wildman–Crippen LogP) is 2.24. The van der Waals surface area contributed by atoms with Crippen molar-refractivity contribution in [2.75, 3.05) is 24.3 Å². The van der Waals surface area contributed by atoms with Crippen LogP contribution in [-0.4, -0.2) is 39.4 Å². The lowest BCUT2D eigenvalue weighted by Crippen LogP contribution is -2.15. The highest BCUT2D eigenvalue weighted by molar-refractivity contribution is 5.79. The van der Waals surface area contributed by atoms with Crippen LogP contribution in [0.3, 0.4) is 0 Å². The quantitative estimate of drug-likeness (QED) is 0.612. The summed E-state index contributed by atoms with van der Waals surface area (Å²) in [6, 6.07) is 10.1. The van der Waals surface area contributed by atoms with Gasteiger partial charge in [0.15, 0.2) is 11.6 Å². The van der Waals surface area contributed by atoms with Crippen molar-refractivity contribution in [2.45, 2.75) is 6.54 Å². The number of hydrogen-bond acceptors (Lipinski definition) is 8. The van der Waals surface area contributed by atoms with E-state index in [2.05, 4.69) is 41.3 Å². The third-order valence-electron chi connectivity index (χ3n) is 3.65. The van der Waals surface area contributed by atoms with Gasteiger partial charge in [0, 0.05) is 32.2 Å². The molecular formula is C16H15N7O. The Morgan fingerprint density at radius 3 is 2.75 bits per heavy atom. The molecule has 0 saturated heterocycles. The van der Waals surface area contributed by atoms with Crippen molar-refractivity contribution in [1.29, 1.82) is 0 Å². The summed E-state index contributed by atoms with van der Waals surface area (Å²) in [6.07, 6.45) is 1.79. The van der Waals surface area contributed by atoms with Gasteiger partial charge in [0.2, 0.25) is 11.3 Å². The summed E-state index contributed by atoms with van der Waals surface area (Å²) in [4.78, 5) is 15.1. The van der Waals surface area contributed by atoms with Gasteiger partial charge in [0.1, 0.15) is 0 Å². The Morgan fingerprint density at radius 2 is 1.92 bits per heavy atom. The van der Waals surface area contributed by atoms with E-state index in [0.29, 0.717) is 29.5 Å². The van der Waals surface area contributed by atoms with Gasteiger partial charge in [-0.2, -0.15) is 0 Å². The molecule has 4 aromatic rings. The number of benzene rings is 1. The first-order valence-electron chi connectivity index (χ1n) is 7.46. The van der Waals surface area contributed by atoms with E-state index in [4.69, 9.17) is 0 Å². The molecule has 0 amide bonds. The van der Waals surface area contributed by atoms with Gasteiger partial charge in [-0.3, -0.25) is 4.98 Å². The van der Waals surface area contributed by atoms with Crippen molar-refractivity contribution in [3.8, 4) is 0 Å². The van der Waals surface area contributed by atoms with Crippen LogP contribution >= 0.6 is 0 Å². The lowest BCUT2D eigenvalue weighted by Gasteiger charge is -2.15. The third kappa shape index (κ3) is 2.58. The van der Waals surface area contributed by atoms with Gasteiger partial charge >= 0.3 is 0 Å². The molecule has 8 heteroatoms. The fraction of sp³-hybridized carbons (Fsp3) is 0.188. The first kappa shape index (κ1) is 14.3. The Bertz CT molecular complexity index is 1010. The Hall–Kier alpha value is -3.29. The first-order valence-corrected chi connectivity index (χ1v) is 7.46. The van der Waals surface area contributed by atoms with E-state index in [1.807, 2.05) is 43.3 Å². The zero-order valence-electron chi connectivity index (χ0n) is 13.3. The molecule has 0 aliphatic heterocycles. The third-order valence-corrected chi connectivity index (χ3v) is 3.65. The molecule has 0 atom stereocenters. The number of nitrogens with zero attached hydrogens (tertiary/aromatic N) is 6. The molecule has 0 radical (unpaired) electrons. The standard InChI is InChI=1S/C16H15N7O/c1-23(2)16-15(19-13-14(20-16)22-24-21-13)18-9-10-5-6-12-11(8-10)4-3-7-17-12/h3-8H,9H2,1-2H3,(H,18,19,21). The van der Waals surface area contributed by atoms with E-state index in [0.717, 1.165) is 16.5 Å². The number of nitrogens with one attached hydrogen (secondary N) is 1. The van der Waals surface area contributed by atoms with Crippen LogP contribution in [0.15, 0.2) is 41.2 Å². The molecule has 3 aromatic heterocycles. The van der Waals surface area contributed by atoms with Crippen LogP contribution in [0.25, 0.3) is 22.2 Å². The van der Waals surface area contributed by atoms with E-state index in [1.54, 1.807) is 6.20 Å². The van der Waals surface area contributed by atoms with Crippen LogP contribution < -0.4 is 10.2 Å². The summed E-state index contributed by atoms with van der Waals surface area (Å²) < 4.78 is 4.69. The van der Waals surface area contributed by atoms with Crippen LogP contribution in [0.4, 0.5) is 11.6 Å². The molecule has 0 aliphatic rings. The monoisotopic (exact) mass is 321 g/mol. The molecular weight excluding hydrogens is 306 g/mol. The van der Waals surface area contributed by atoms with Crippen molar-refractivity contribution in [1.82, 2.24) is 25.3 Å². The Morgan fingerprint density at radius 1 is 1.08 bits per heavy atom. The zero-order chi connectivity index (χ0) is 16.5. The molecule has 0 aliphatic carbocycles. The molecule has 0 fully saturated rings. The van der Waals surface area contributed by atoms with Crippen molar-refractivity contribution in [3.63, 3.8) is 0 Å². The van der Waals surface area contributed by atoms with E-state index in [-0.39, 0.29) is 0 Å².